The van der Waals surface area contributed by atoms with E-state index in [-0.39, 0.29) is 11.9 Å². The van der Waals surface area contributed by atoms with Crippen molar-refractivity contribution in [2.24, 2.45) is 0 Å². The third-order valence-electron chi connectivity index (χ3n) is 4.14. The summed E-state index contributed by atoms with van der Waals surface area (Å²) in [7, 11) is 0. The van der Waals surface area contributed by atoms with Gasteiger partial charge >= 0.3 is 0 Å². The maximum atomic E-state index is 12.5. The summed E-state index contributed by atoms with van der Waals surface area (Å²) in [5, 5.41) is 3.68. The second-order valence-corrected chi connectivity index (χ2v) is 6.48. The number of amides is 1. The lowest BCUT2D eigenvalue weighted by atomic mass is 10.0. The van der Waals surface area contributed by atoms with E-state index >= 15 is 0 Å². The van der Waals surface area contributed by atoms with Crippen molar-refractivity contribution in [1.82, 2.24) is 5.32 Å². The van der Waals surface area contributed by atoms with E-state index < -0.39 is 6.10 Å². The molecule has 1 N–H and O–H groups in total. The summed E-state index contributed by atoms with van der Waals surface area (Å²) in [6.45, 7) is 8.07. The van der Waals surface area contributed by atoms with Crippen molar-refractivity contribution in [1.29, 1.82) is 0 Å². The van der Waals surface area contributed by atoms with Crippen LogP contribution in [-0.2, 0) is 4.79 Å². The average molecular weight is 346 g/mol. The molecule has 2 rings (SSSR count). The highest BCUT2D eigenvalue weighted by atomic mass is 35.5. The molecule has 24 heavy (non-hydrogen) atoms. The van der Waals surface area contributed by atoms with E-state index in [1.165, 1.54) is 11.1 Å². The van der Waals surface area contributed by atoms with Gasteiger partial charge in [0, 0.05) is 5.02 Å². The molecule has 128 valence electrons. The van der Waals surface area contributed by atoms with Gasteiger partial charge < -0.3 is 10.1 Å². The molecule has 4 heteroatoms. The van der Waals surface area contributed by atoms with Crippen LogP contribution in [0.5, 0.6) is 5.75 Å². The number of ether oxygens (including phenoxy) is 1. The van der Waals surface area contributed by atoms with Crippen molar-refractivity contribution >= 4 is 17.5 Å². The van der Waals surface area contributed by atoms with E-state index in [1.54, 1.807) is 24.3 Å². The molecule has 3 nitrogen and oxygen atoms in total. The van der Waals surface area contributed by atoms with Crippen molar-refractivity contribution in [3.8, 4) is 5.75 Å². The number of carbonyl (C=O) groups excluding carboxylic acids is 1. The number of hydrogen-bond acceptors (Lipinski definition) is 2. The van der Waals surface area contributed by atoms with Gasteiger partial charge in [-0.1, -0.05) is 36.7 Å². The quantitative estimate of drug-likeness (QED) is 0.800. The largest absolute Gasteiger partial charge is 0.481 e. The fourth-order valence-electron chi connectivity index (χ4n) is 2.42. The Labute approximate surface area is 149 Å². The Morgan fingerprint density at radius 1 is 1.12 bits per heavy atom. The molecule has 0 aliphatic rings. The summed E-state index contributed by atoms with van der Waals surface area (Å²) in [6.07, 6.45) is 0.0638. The molecular formula is C20H24ClNO2. The van der Waals surface area contributed by atoms with Crippen molar-refractivity contribution in [2.75, 3.05) is 0 Å². The number of benzene rings is 2. The van der Waals surface area contributed by atoms with Crippen LogP contribution in [0.3, 0.4) is 0 Å². The molecule has 2 atom stereocenters. The van der Waals surface area contributed by atoms with Gasteiger partial charge in [-0.2, -0.15) is 0 Å². The minimum Gasteiger partial charge on any atom is -0.481 e. The summed E-state index contributed by atoms with van der Waals surface area (Å²) in [5.41, 5.74) is 3.56. The van der Waals surface area contributed by atoms with Crippen LogP contribution in [0.25, 0.3) is 0 Å². The zero-order valence-electron chi connectivity index (χ0n) is 14.6. The van der Waals surface area contributed by atoms with Crippen LogP contribution in [0.2, 0.25) is 5.02 Å². The number of aryl methyl sites for hydroxylation is 2. The zero-order valence-corrected chi connectivity index (χ0v) is 15.4. The molecule has 0 saturated heterocycles. The maximum Gasteiger partial charge on any atom is 0.261 e. The standard InChI is InChI=1S/C20H24ClNO2/c1-5-19(24-18-10-8-17(21)9-11-18)20(23)22-15(4)16-7-6-13(2)14(3)12-16/h6-12,15,19H,5H2,1-4H3,(H,22,23)/t15-,19+/m1/s1. The van der Waals surface area contributed by atoms with Gasteiger partial charge in [0.15, 0.2) is 6.10 Å². The molecule has 0 radical (unpaired) electrons. The first-order valence-electron chi connectivity index (χ1n) is 8.20. The van der Waals surface area contributed by atoms with Crippen molar-refractivity contribution in [2.45, 2.75) is 46.3 Å². The van der Waals surface area contributed by atoms with Crippen molar-refractivity contribution in [3.05, 3.63) is 64.2 Å². The first-order valence-corrected chi connectivity index (χ1v) is 8.58. The molecule has 1 amide bonds. The Morgan fingerprint density at radius 2 is 1.79 bits per heavy atom. The van der Waals surface area contributed by atoms with Gasteiger partial charge in [0.1, 0.15) is 5.75 Å². The van der Waals surface area contributed by atoms with Crippen LogP contribution in [-0.4, -0.2) is 12.0 Å². The number of rotatable bonds is 6. The summed E-state index contributed by atoms with van der Waals surface area (Å²) >= 11 is 5.87. The molecule has 2 aromatic carbocycles. The number of carbonyl (C=O) groups is 1. The molecule has 0 heterocycles. The fraction of sp³-hybridized carbons (Fsp3) is 0.350. The molecule has 0 aliphatic heterocycles. The topological polar surface area (TPSA) is 38.3 Å². The van der Waals surface area contributed by atoms with Crippen molar-refractivity contribution in [3.63, 3.8) is 0 Å². The van der Waals surface area contributed by atoms with Gasteiger partial charge in [0.05, 0.1) is 6.04 Å². The van der Waals surface area contributed by atoms with Gasteiger partial charge in [0.2, 0.25) is 0 Å². The Kier molecular flexibility index (Phi) is 6.27. The molecule has 0 spiro atoms. The highest BCUT2D eigenvalue weighted by Crippen LogP contribution is 2.20. The number of halogens is 1. The van der Waals surface area contributed by atoms with Crippen LogP contribution >= 0.6 is 11.6 Å². The first kappa shape index (κ1) is 18.3. The molecule has 0 fully saturated rings. The molecular weight excluding hydrogens is 322 g/mol. The van der Waals surface area contributed by atoms with Crippen LogP contribution in [0.4, 0.5) is 0 Å². The zero-order chi connectivity index (χ0) is 17.7. The lowest BCUT2D eigenvalue weighted by Crippen LogP contribution is -2.39. The van der Waals surface area contributed by atoms with E-state index in [2.05, 4.69) is 31.3 Å². The highest BCUT2D eigenvalue weighted by molar-refractivity contribution is 6.30. The lowest BCUT2D eigenvalue weighted by molar-refractivity contribution is -0.128. The van der Waals surface area contributed by atoms with Crippen LogP contribution in [0.1, 0.15) is 43.0 Å². The number of hydrogen-bond donors (Lipinski definition) is 1. The van der Waals surface area contributed by atoms with E-state index in [0.717, 1.165) is 5.56 Å². The normalized spacial score (nSPS) is 13.2. The second-order valence-electron chi connectivity index (χ2n) is 6.04. The molecule has 0 aliphatic carbocycles. The van der Waals surface area contributed by atoms with Crippen LogP contribution in [0, 0.1) is 13.8 Å². The monoisotopic (exact) mass is 345 g/mol. The maximum absolute atomic E-state index is 12.5. The Balaban J connectivity index is 2.02. The molecule has 0 aromatic heterocycles. The second kappa shape index (κ2) is 8.20. The molecule has 0 saturated carbocycles. The highest BCUT2D eigenvalue weighted by Gasteiger charge is 2.20. The summed E-state index contributed by atoms with van der Waals surface area (Å²) in [5.74, 6) is 0.526. The summed E-state index contributed by atoms with van der Waals surface area (Å²) in [6, 6.07) is 13.2. The summed E-state index contributed by atoms with van der Waals surface area (Å²) in [4.78, 5) is 12.5. The Hall–Kier alpha value is -2.00. The van der Waals surface area contributed by atoms with Crippen LogP contribution in [0.15, 0.2) is 42.5 Å². The SMILES string of the molecule is CC[C@H](Oc1ccc(Cl)cc1)C(=O)N[C@H](C)c1ccc(C)c(C)c1. The molecule has 0 bridgehead atoms. The third-order valence-corrected chi connectivity index (χ3v) is 4.40. The van der Waals surface area contributed by atoms with E-state index in [4.69, 9.17) is 16.3 Å². The fourth-order valence-corrected chi connectivity index (χ4v) is 2.55. The Morgan fingerprint density at radius 3 is 2.38 bits per heavy atom. The minimum atomic E-state index is -0.528. The van der Waals surface area contributed by atoms with Gasteiger partial charge in [-0.25, -0.2) is 0 Å². The Bertz CT molecular complexity index is 697. The minimum absolute atomic E-state index is 0.0698. The van der Waals surface area contributed by atoms with E-state index in [9.17, 15) is 4.79 Å². The summed E-state index contributed by atoms with van der Waals surface area (Å²) < 4.78 is 5.79. The first-order chi connectivity index (χ1) is 11.4. The van der Waals surface area contributed by atoms with E-state index in [0.29, 0.717) is 17.2 Å². The number of nitrogens with one attached hydrogen (secondary N) is 1. The lowest BCUT2D eigenvalue weighted by Gasteiger charge is -2.21. The predicted molar refractivity (Wildman–Crippen MR) is 98.6 cm³/mol. The molecule has 2 aromatic rings. The van der Waals surface area contributed by atoms with Gasteiger partial charge in [-0.3, -0.25) is 4.79 Å². The third kappa shape index (κ3) is 4.75. The average Bonchev–Trinajstić information content (AvgIpc) is 2.56. The van der Waals surface area contributed by atoms with E-state index in [1.807, 2.05) is 19.9 Å². The van der Waals surface area contributed by atoms with Gasteiger partial charge in [-0.05, 0) is 68.1 Å². The van der Waals surface area contributed by atoms with Crippen LogP contribution < -0.4 is 10.1 Å². The van der Waals surface area contributed by atoms with Gasteiger partial charge in [-0.15, -0.1) is 0 Å². The molecule has 0 unspecified atom stereocenters. The predicted octanol–water partition coefficient (Wildman–Crippen LogP) is 4.99. The smallest absolute Gasteiger partial charge is 0.261 e. The van der Waals surface area contributed by atoms with Crippen molar-refractivity contribution < 1.29 is 9.53 Å². The van der Waals surface area contributed by atoms with Gasteiger partial charge in [0.25, 0.3) is 5.91 Å².